The van der Waals surface area contributed by atoms with E-state index in [4.69, 9.17) is 0 Å². The number of aromatic nitrogens is 2. The molecule has 0 amide bonds. The van der Waals surface area contributed by atoms with E-state index in [1.165, 1.54) is 7.11 Å². The van der Waals surface area contributed by atoms with Crippen LogP contribution in [0.3, 0.4) is 0 Å². The number of esters is 1. The van der Waals surface area contributed by atoms with Crippen molar-refractivity contribution in [3.05, 3.63) is 52.8 Å². The van der Waals surface area contributed by atoms with E-state index < -0.39 is 0 Å². The molecule has 0 spiro atoms. The Morgan fingerprint density at radius 1 is 1.47 bits per heavy atom. The number of aryl methyl sites for hydroxylation is 1. The van der Waals surface area contributed by atoms with Gasteiger partial charge in [-0.3, -0.25) is 9.48 Å². The predicted molar refractivity (Wildman–Crippen MR) is 69.2 cm³/mol. The van der Waals surface area contributed by atoms with Gasteiger partial charge in [0.05, 0.1) is 30.5 Å². The average Bonchev–Trinajstić information content (AvgIpc) is 2.78. The molecule has 0 aliphatic carbocycles. The van der Waals surface area contributed by atoms with Crippen molar-refractivity contribution in [2.75, 3.05) is 7.11 Å². The molecule has 0 atom stereocenters. The van der Waals surface area contributed by atoms with Gasteiger partial charge in [0, 0.05) is 6.20 Å². The quantitative estimate of drug-likeness (QED) is 0.620. The lowest BCUT2D eigenvalue weighted by atomic mass is 10.1. The third-order valence-corrected chi connectivity index (χ3v) is 2.80. The maximum atomic E-state index is 11.4. The lowest BCUT2D eigenvalue weighted by Crippen LogP contribution is -2.04. The second-order valence-corrected chi connectivity index (χ2v) is 4.18. The molecule has 1 heterocycles. The van der Waals surface area contributed by atoms with Gasteiger partial charge in [0.25, 0.3) is 0 Å². The summed E-state index contributed by atoms with van der Waals surface area (Å²) in [4.78, 5) is 22.2. The van der Waals surface area contributed by atoms with Gasteiger partial charge in [-0.2, -0.15) is 5.10 Å². The zero-order chi connectivity index (χ0) is 13.8. The average molecular weight is 258 g/mol. The van der Waals surface area contributed by atoms with E-state index >= 15 is 0 Å². The molecular weight excluding hydrogens is 244 g/mol. The molecule has 2 rings (SSSR count). The van der Waals surface area contributed by atoms with Crippen molar-refractivity contribution >= 4 is 12.3 Å². The van der Waals surface area contributed by atoms with E-state index in [2.05, 4.69) is 9.84 Å². The highest BCUT2D eigenvalue weighted by molar-refractivity contribution is 5.89. The second-order valence-electron chi connectivity index (χ2n) is 4.18. The minimum atomic E-state index is -0.368. The number of carbonyl (C=O) groups excluding carboxylic acids is 2. The van der Waals surface area contributed by atoms with Gasteiger partial charge in [-0.15, -0.1) is 0 Å². The highest BCUT2D eigenvalue weighted by Crippen LogP contribution is 2.10. The van der Waals surface area contributed by atoms with Gasteiger partial charge in [-0.25, -0.2) is 4.79 Å². The van der Waals surface area contributed by atoms with Gasteiger partial charge >= 0.3 is 5.97 Å². The standard InChI is InChI=1S/C14H14N2O3/c1-10-13(9-17)8-16(15-10)7-11-4-3-5-12(6-11)14(18)19-2/h3-6,8-9H,7H2,1-2H3. The normalized spacial score (nSPS) is 10.2. The summed E-state index contributed by atoms with van der Waals surface area (Å²) in [7, 11) is 1.35. The minimum absolute atomic E-state index is 0.368. The van der Waals surface area contributed by atoms with Crippen molar-refractivity contribution in [3.63, 3.8) is 0 Å². The van der Waals surface area contributed by atoms with Crippen LogP contribution >= 0.6 is 0 Å². The number of nitrogens with zero attached hydrogens (tertiary/aromatic N) is 2. The van der Waals surface area contributed by atoms with Gasteiger partial charge < -0.3 is 4.74 Å². The predicted octanol–water partition coefficient (Wildman–Crippen LogP) is 1.84. The molecule has 0 saturated carbocycles. The molecule has 0 saturated heterocycles. The van der Waals surface area contributed by atoms with Crippen LogP contribution in [0.5, 0.6) is 0 Å². The molecule has 0 unspecified atom stereocenters. The number of ether oxygens (including phenoxy) is 1. The summed E-state index contributed by atoms with van der Waals surface area (Å²) in [5, 5.41) is 4.24. The van der Waals surface area contributed by atoms with Crippen LogP contribution in [-0.4, -0.2) is 29.1 Å². The van der Waals surface area contributed by atoms with E-state index in [1.807, 2.05) is 6.07 Å². The Kier molecular flexibility index (Phi) is 3.75. The Morgan fingerprint density at radius 3 is 2.89 bits per heavy atom. The van der Waals surface area contributed by atoms with E-state index in [9.17, 15) is 9.59 Å². The number of methoxy groups -OCH3 is 1. The first-order valence-corrected chi connectivity index (χ1v) is 5.80. The van der Waals surface area contributed by atoms with E-state index in [0.29, 0.717) is 23.4 Å². The fraction of sp³-hybridized carbons (Fsp3) is 0.214. The van der Waals surface area contributed by atoms with E-state index in [1.54, 1.807) is 36.0 Å². The summed E-state index contributed by atoms with van der Waals surface area (Å²) in [5.74, 6) is -0.368. The van der Waals surface area contributed by atoms with E-state index in [0.717, 1.165) is 11.8 Å². The van der Waals surface area contributed by atoms with Crippen molar-refractivity contribution in [2.45, 2.75) is 13.5 Å². The first-order chi connectivity index (χ1) is 9.13. The summed E-state index contributed by atoms with van der Waals surface area (Å²) in [6.45, 7) is 2.28. The maximum Gasteiger partial charge on any atom is 0.337 e. The second kappa shape index (κ2) is 5.48. The fourth-order valence-electron chi connectivity index (χ4n) is 1.83. The Bertz CT molecular complexity index is 617. The first-order valence-electron chi connectivity index (χ1n) is 5.80. The number of hydrogen-bond donors (Lipinski definition) is 0. The van der Waals surface area contributed by atoms with Crippen molar-refractivity contribution in [2.24, 2.45) is 0 Å². The number of benzene rings is 1. The van der Waals surface area contributed by atoms with Crippen LogP contribution < -0.4 is 0 Å². The molecule has 5 nitrogen and oxygen atoms in total. The van der Waals surface area contributed by atoms with Gasteiger partial charge in [-0.05, 0) is 24.6 Å². The first kappa shape index (κ1) is 13.0. The molecule has 0 radical (unpaired) electrons. The topological polar surface area (TPSA) is 61.2 Å². The summed E-state index contributed by atoms with van der Waals surface area (Å²) in [6, 6.07) is 7.13. The van der Waals surface area contributed by atoms with Gasteiger partial charge in [-0.1, -0.05) is 12.1 Å². The van der Waals surface area contributed by atoms with Gasteiger partial charge in [0.15, 0.2) is 6.29 Å². The maximum absolute atomic E-state index is 11.4. The largest absolute Gasteiger partial charge is 0.465 e. The molecule has 19 heavy (non-hydrogen) atoms. The number of hydrogen-bond acceptors (Lipinski definition) is 4. The van der Waals surface area contributed by atoms with Crippen LogP contribution in [0.15, 0.2) is 30.5 Å². The molecule has 98 valence electrons. The van der Waals surface area contributed by atoms with E-state index in [-0.39, 0.29) is 5.97 Å². The molecule has 1 aromatic carbocycles. The molecule has 1 aromatic heterocycles. The third-order valence-electron chi connectivity index (χ3n) is 2.80. The van der Waals surface area contributed by atoms with Gasteiger partial charge in [0.2, 0.25) is 0 Å². The molecule has 0 aliphatic rings. The highest BCUT2D eigenvalue weighted by Gasteiger charge is 2.07. The summed E-state index contributed by atoms with van der Waals surface area (Å²) in [6.07, 6.45) is 2.47. The molecule has 0 N–H and O–H groups in total. The van der Waals surface area contributed by atoms with Crippen LogP contribution in [0.1, 0.15) is 32.0 Å². The Labute approximate surface area is 110 Å². The van der Waals surface area contributed by atoms with Crippen LogP contribution in [0.4, 0.5) is 0 Å². The van der Waals surface area contributed by atoms with Crippen molar-refractivity contribution in [1.82, 2.24) is 9.78 Å². The molecule has 2 aromatic rings. The highest BCUT2D eigenvalue weighted by atomic mass is 16.5. The van der Waals surface area contributed by atoms with Gasteiger partial charge in [0.1, 0.15) is 0 Å². The zero-order valence-corrected chi connectivity index (χ0v) is 10.8. The summed E-state index contributed by atoms with van der Waals surface area (Å²) in [5.41, 5.74) is 2.69. The van der Waals surface area contributed by atoms with Crippen LogP contribution in [0, 0.1) is 6.92 Å². The molecule has 0 bridgehead atoms. The van der Waals surface area contributed by atoms with Crippen molar-refractivity contribution in [1.29, 1.82) is 0 Å². The lowest BCUT2D eigenvalue weighted by Gasteiger charge is -2.04. The number of aldehydes is 1. The summed E-state index contributed by atoms with van der Waals surface area (Å²) >= 11 is 0. The Hall–Kier alpha value is -2.43. The minimum Gasteiger partial charge on any atom is -0.465 e. The zero-order valence-electron chi connectivity index (χ0n) is 10.8. The number of carbonyl (C=O) groups is 2. The van der Waals surface area contributed by atoms with Crippen molar-refractivity contribution < 1.29 is 14.3 Å². The SMILES string of the molecule is COC(=O)c1cccc(Cn2cc(C=O)c(C)n2)c1. The molecule has 0 fully saturated rings. The Balaban J connectivity index is 2.23. The van der Waals surface area contributed by atoms with Crippen molar-refractivity contribution in [3.8, 4) is 0 Å². The summed E-state index contributed by atoms with van der Waals surface area (Å²) < 4.78 is 6.35. The molecule has 5 heteroatoms. The number of rotatable bonds is 4. The van der Waals surface area contributed by atoms with Crippen LogP contribution in [0.25, 0.3) is 0 Å². The molecular formula is C14H14N2O3. The molecule has 0 aliphatic heterocycles. The van der Waals surface area contributed by atoms with Crippen LogP contribution in [0.2, 0.25) is 0 Å². The fourth-order valence-corrected chi connectivity index (χ4v) is 1.83. The lowest BCUT2D eigenvalue weighted by molar-refractivity contribution is 0.0600. The Morgan fingerprint density at radius 2 is 2.26 bits per heavy atom. The third kappa shape index (κ3) is 2.88. The van der Waals surface area contributed by atoms with Crippen LogP contribution in [-0.2, 0) is 11.3 Å². The smallest absolute Gasteiger partial charge is 0.337 e. The monoisotopic (exact) mass is 258 g/mol.